The summed E-state index contributed by atoms with van der Waals surface area (Å²) in [4.78, 5) is 29.6. The molecular weight excluding hydrogens is 292 g/mol. The maximum Gasteiger partial charge on any atom is 0.254 e. The minimum Gasteiger partial charge on any atom is -0.332 e. The molecular formula is C17H16N4O2. The van der Waals surface area contributed by atoms with E-state index in [0.29, 0.717) is 16.9 Å². The Balaban J connectivity index is 1.98. The molecule has 1 N–H and O–H groups in total. The zero-order valence-corrected chi connectivity index (χ0v) is 12.9. The van der Waals surface area contributed by atoms with Crippen LogP contribution in [0.2, 0.25) is 0 Å². The van der Waals surface area contributed by atoms with E-state index in [1.165, 1.54) is 18.0 Å². The normalized spacial score (nSPS) is 9.78. The lowest BCUT2D eigenvalue weighted by Gasteiger charge is -2.16. The Hall–Kier alpha value is -3.20. The zero-order chi connectivity index (χ0) is 16.8. The number of anilines is 1. The fourth-order valence-corrected chi connectivity index (χ4v) is 1.95. The maximum absolute atomic E-state index is 12.3. The van der Waals surface area contributed by atoms with Gasteiger partial charge in [0.15, 0.2) is 0 Å². The molecule has 2 rings (SSSR count). The quantitative estimate of drug-likeness (QED) is 0.935. The lowest BCUT2D eigenvalue weighted by Crippen LogP contribution is -2.35. The number of likely N-dealkylation sites (N-methyl/N-ethyl adjacent to an activating group) is 1. The molecule has 1 heterocycles. The molecule has 1 aromatic carbocycles. The van der Waals surface area contributed by atoms with Crippen LogP contribution in [0.3, 0.4) is 0 Å². The number of aromatic nitrogens is 1. The van der Waals surface area contributed by atoms with E-state index in [1.54, 1.807) is 30.5 Å². The first-order valence-electron chi connectivity index (χ1n) is 6.97. The van der Waals surface area contributed by atoms with Crippen LogP contribution in [-0.2, 0) is 4.79 Å². The van der Waals surface area contributed by atoms with E-state index in [-0.39, 0.29) is 18.4 Å². The van der Waals surface area contributed by atoms with E-state index < -0.39 is 0 Å². The second kappa shape index (κ2) is 7.18. The average Bonchev–Trinajstić information content (AvgIpc) is 2.56. The van der Waals surface area contributed by atoms with Gasteiger partial charge in [-0.05, 0) is 36.8 Å². The fraction of sp³-hybridized carbons (Fsp3) is 0.176. The van der Waals surface area contributed by atoms with Crippen molar-refractivity contribution in [3.05, 3.63) is 59.3 Å². The smallest absolute Gasteiger partial charge is 0.254 e. The molecule has 1 aromatic heterocycles. The van der Waals surface area contributed by atoms with Gasteiger partial charge in [0.2, 0.25) is 5.91 Å². The number of carbonyl (C=O) groups is 2. The van der Waals surface area contributed by atoms with Gasteiger partial charge in [0.05, 0.1) is 18.2 Å². The Morgan fingerprint density at radius 2 is 2.09 bits per heavy atom. The largest absolute Gasteiger partial charge is 0.332 e. The molecule has 0 atom stereocenters. The van der Waals surface area contributed by atoms with Crippen molar-refractivity contribution in [2.45, 2.75) is 6.92 Å². The molecule has 0 unspecified atom stereocenters. The van der Waals surface area contributed by atoms with Gasteiger partial charge in [-0.25, -0.2) is 4.98 Å². The van der Waals surface area contributed by atoms with Crippen LogP contribution in [0.1, 0.15) is 21.5 Å². The van der Waals surface area contributed by atoms with Crippen LogP contribution in [0, 0.1) is 18.3 Å². The summed E-state index contributed by atoms with van der Waals surface area (Å²) < 4.78 is 0. The van der Waals surface area contributed by atoms with Gasteiger partial charge < -0.3 is 10.2 Å². The number of pyridine rings is 1. The monoisotopic (exact) mass is 308 g/mol. The highest BCUT2D eigenvalue weighted by molar-refractivity contribution is 5.99. The predicted molar refractivity (Wildman–Crippen MR) is 85.7 cm³/mol. The van der Waals surface area contributed by atoms with E-state index in [0.717, 1.165) is 5.56 Å². The van der Waals surface area contributed by atoms with Gasteiger partial charge in [-0.15, -0.1) is 0 Å². The number of benzene rings is 1. The SMILES string of the molecule is Cc1ccc(NC(=O)CN(C)C(=O)c2cccc(C#N)c2)nc1. The van der Waals surface area contributed by atoms with Crippen LogP contribution >= 0.6 is 0 Å². The fourth-order valence-electron chi connectivity index (χ4n) is 1.95. The van der Waals surface area contributed by atoms with Crippen LogP contribution in [-0.4, -0.2) is 35.3 Å². The highest BCUT2D eigenvalue weighted by Gasteiger charge is 2.15. The van der Waals surface area contributed by atoms with Crippen molar-refractivity contribution >= 4 is 17.6 Å². The van der Waals surface area contributed by atoms with E-state index in [2.05, 4.69) is 10.3 Å². The molecule has 0 fully saturated rings. The van der Waals surface area contributed by atoms with Crippen molar-refractivity contribution in [3.8, 4) is 6.07 Å². The molecule has 116 valence electrons. The second-order valence-corrected chi connectivity index (χ2v) is 5.12. The van der Waals surface area contributed by atoms with E-state index in [9.17, 15) is 9.59 Å². The number of aryl methyl sites for hydroxylation is 1. The Bertz CT molecular complexity index is 763. The summed E-state index contributed by atoms with van der Waals surface area (Å²) in [5.41, 5.74) is 1.76. The lowest BCUT2D eigenvalue weighted by molar-refractivity contribution is -0.116. The van der Waals surface area contributed by atoms with E-state index >= 15 is 0 Å². The molecule has 0 aliphatic heterocycles. The van der Waals surface area contributed by atoms with Gasteiger partial charge >= 0.3 is 0 Å². The van der Waals surface area contributed by atoms with Crippen molar-refractivity contribution in [2.75, 3.05) is 18.9 Å². The van der Waals surface area contributed by atoms with Crippen molar-refractivity contribution in [3.63, 3.8) is 0 Å². The van der Waals surface area contributed by atoms with Crippen LogP contribution in [0.15, 0.2) is 42.6 Å². The van der Waals surface area contributed by atoms with Gasteiger partial charge in [0.1, 0.15) is 5.82 Å². The standard InChI is InChI=1S/C17H16N4O2/c1-12-6-7-15(19-10-12)20-16(22)11-21(2)17(23)14-5-3-4-13(8-14)9-18/h3-8,10H,11H2,1-2H3,(H,19,20,22). The molecule has 6 nitrogen and oxygen atoms in total. The minimum atomic E-state index is -0.339. The zero-order valence-electron chi connectivity index (χ0n) is 12.9. The molecule has 0 radical (unpaired) electrons. The molecule has 2 aromatic rings. The summed E-state index contributed by atoms with van der Waals surface area (Å²) in [5, 5.41) is 11.5. The number of nitriles is 1. The third-order valence-corrected chi connectivity index (χ3v) is 3.14. The summed E-state index contributed by atoms with van der Waals surface area (Å²) in [6, 6.07) is 11.9. The highest BCUT2D eigenvalue weighted by Crippen LogP contribution is 2.08. The first-order valence-corrected chi connectivity index (χ1v) is 6.97. The molecule has 0 bridgehead atoms. The Morgan fingerprint density at radius 3 is 2.74 bits per heavy atom. The second-order valence-electron chi connectivity index (χ2n) is 5.12. The molecule has 23 heavy (non-hydrogen) atoms. The van der Waals surface area contributed by atoms with Crippen molar-refractivity contribution in [1.82, 2.24) is 9.88 Å². The summed E-state index contributed by atoms with van der Waals surface area (Å²) in [7, 11) is 1.53. The molecule has 0 aliphatic rings. The topological polar surface area (TPSA) is 86.1 Å². The molecule has 6 heteroatoms. The first kappa shape index (κ1) is 16.2. The van der Waals surface area contributed by atoms with Crippen molar-refractivity contribution in [2.24, 2.45) is 0 Å². The molecule has 0 spiro atoms. The van der Waals surface area contributed by atoms with Crippen molar-refractivity contribution < 1.29 is 9.59 Å². The predicted octanol–water partition coefficient (Wildman–Crippen LogP) is 1.97. The average molecular weight is 308 g/mol. The van der Waals surface area contributed by atoms with Gasteiger partial charge in [0, 0.05) is 18.8 Å². The first-order chi connectivity index (χ1) is 11.0. The number of rotatable bonds is 4. The third-order valence-electron chi connectivity index (χ3n) is 3.14. The molecule has 0 saturated heterocycles. The van der Waals surface area contributed by atoms with E-state index in [1.807, 2.05) is 19.1 Å². The van der Waals surface area contributed by atoms with Gasteiger partial charge in [-0.2, -0.15) is 5.26 Å². The minimum absolute atomic E-state index is 0.106. The number of nitrogens with one attached hydrogen (secondary N) is 1. The number of carbonyl (C=O) groups excluding carboxylic acids is 2. The highest BCUT2D eigenvalue weighted by atomic mass is 16.2. The van der Waals surface area contributed by atoms with Crippen LogP contribution in [0.5, 0.6) is 0 Å². The Labute approximate surface area is 134 Å². The summed E-state index contributed by atoms with van der Waals surface area (Å²) in [6.07, 6.45) is 1.65. The van der Waals surface area contributed by atoms with Gasteiger partial charge in [0.25, 0.3) is 5.91 Å². The number of hydrogen-bond donors (Lipinski definition) is 1. The Kier molecular flexibility index (Phi) is 5.05. The van der Waals surface area contributed by atoms with E-state index in [4.69, 9.17) is 5.26 Å². The third kappa shape index (κ3) is 4.38. The molecule has 0 saturated carbocycles. The number of nitrogens with zero attached hydrogens (tertiary/aromatic N) is 3. The van der Waals surface area contributed by atoms with Gasteiger partial charge in [-0.3, -0.25) is 9.59 Å². The van der Waals surface area contributed by atoms with Crippen LogP contribution in [0.4, 0.5) is 5.82 Å². The van der Waals surface area contributed by atoms with Gasteiger partial charge in [-0.1, -0.05) is 12.1 Å². The summed E-state index contributed by atoms with van der Waals surface area (Å²) >= 11 is 0. The molecule has 0 aliphatic carbocycles. The van der Waals surface area contributed by atoms with Crippen LogP contribution < -0.4 is 5.32 Å². The molecule has 2 amide bonds. The summed E-state index contributed by atoms with van der Waals surface area (Å²) in [6.45, 7) is 1.80. The van der Waals surface area contributed by atoms with Crippen LogP contribution in [0.25, 0.3) is 0 Å². The number of hydrogen-bond acceptors (Lipinski definition) is 4. The lowest BCUT2D eigenvalue weighted by atomic mass is 10.1. The van der Waals surface area contributed by atoms with Crippen molar-refractivity contribution in [1.29, 1.82) is 5.26 Å². The summed E-state index contributed by atoms with van der Waals surface area (Å²) in [5.74, 6) is -0.226. The maximum atomic E-state index is 12.3. The number of amides is 2. The Morgan fingerprint density at radius 1 is 1.30 bits per heavy atom.